The van der Waals surface area contributed by atoms with Crippen LogP contribution in [0.4, 0.5) is 0 Å². The Morgan fingerprint density at radius 2 is 1.74 bits per heavy atom. The van der Waals surface area contributed by atoms with E-state index in [0.29, 0.717) is 23.7 Å². The maximum absolute atomic E-state index is 13.0. The van der Waals surface area contributed by atoms with Crippen molar-refractivity contribution in [1.82, 2.24) is 10.2 Å². The van der Waals surface area contributed by atoms with E-state index >= 15 is 0 Å². The van der Waals surface area contributed by atoms with E-state index < -0.39 is 0 Å². The third kappa shape index (κ3) is 3.70. The third-order valence-corrected chi connectivity index (χ3v) is 8.94. The Morgan fingerprint density at radius 3 is 2.32 bits per heavy atom. The number of aryl methyl sites for hydroxylation is 1. The molecule has 1 N–H and O–H groups in total. The van der Waals surface area contributed by atoms with Gasteiger partial charge < -0.3 is 10.2 Å². The molecule has 0 unspecified atom stereocenters. The van der Waals surface area contributed by atoms with Gasteiger partial charge in [-0.05, 0) is 85.3 Å². The van der Waals surface area contributed by atoms with Crippen molar-refractivity contribution in [2.75, 3.05) is 13.1 Å². The highest BCUT2D eigenvalue weighted by Crippen LogP contribution is 2.57. The minimum absolute atomic E-state index is 0.0466. The maximum atomic E-state index is 13.0. The highest BCUT2D eigenvalue weighted by molar-refractivity contribution is 5.83. The summed E-state index contributed by atoms with van der Waals surface area (Å²) in [6.45, 7) is 11.0. The van der Waals surface area contributed by atoms with Crippen LogP contribution in [0.2, 0.25) is 0 Å². The summed E-state index contributed by atoms with van der Waals surface area (Å²) in [6.07, 6.45) is 8.12. The monoisotopic (exact) mass is 422 g/mol. The van der Waals surface area contributed by atoms with Crippen LogP contribution in [-0.4, -0.2) is 35.3 Å². The minimum atomic E-state index is -0.0466. The van der Waals surface area contributed by atoms with Crippen LogP contribution < -0.4 is 5.32 Å². The molecule has 2 saturated carbocycles. The molecule has 2 heterocycles. The SMILES string of the molecule is Cc1ccc(C(C)(C)C)cc1C1CC2(CCN(C(=O)[C@H]3C[C@]4(CCC(=O)N4)C3)CC2)C1. The molecule has 2 aliphatic carbocycles. The average Bonchev–Trinajstić information content (AvgIpc) is 3.06. The van der Waals surface area contributed by atoms with Crippen LogP contribution in [0.5, 0.6) is 0 Å². The molecular weight excluding hydrogens is 384 g/mol. The molecule has 1 aromatic rings. The largest absolute Gasteiger partial charge is 0.351 e. The Labute approximate surface area is 187 Å². The van der Waals surface area contributed by atoms with Crippen molar-refractivity contribution in [1.29, 1.82) is 0 Å². The van der Waals surface area contributed by atoms with Crippen molar-refractivity contribution < 1.29 is 9.59 Å². The lowest BCUT2D eigenvalue weighted by Gasteiger charge is -2.54. The quantitative estimate of drug-likeness (QED) is 0.742. The summed E-state index contributed by atoms with van der Waals surface area (Å²) in [7, 11) is 0. The molecule has 168 valence electrons. The lowest BCUT2D eigenvalue weighted by molar-refractivity contribution is -0.145. The van der Waals surface area contributed by atoms with Gasteiger partial charge in [-0.2, -0.15) is 0 Å². The summed E-state index contributed by atoms with van der Waals surface area (Å²) < 4.78 is 0. The number of amides is 2. The molecule has 0 atom stereocenters. The predicted octanol–water partition coefficient (Wildman–Crippen LogP) is 4.84. The van der Waals surface area contributed by atoms with Crippen LogP contribution in [0.1, 0.15) is 94.7 Å². The molecular formula is C27H38N2O2. The Balaban J connectivity index is 1.15. The summed E-state index contributed by atoms with van der Waals surface area (Å²) in [5, 5.41) is 3.11. The van der Waals surface area contributed by atoms with E-state index in [0.717, 1.165) is 45.2 Å². The number of rotatable bonds is 2. The molecule has 1 aromatic carbocycles. The number of nitrogens with one attached hydrogen (secondary N) is 1. The molecule has 0 aromatic heterocycles. The van der Waals surface area contributed by atoms with Gasteiger partial charge in [0.05, 0.1) is 0 Å². The number of nitrogens with zero attached hydrogens (tertiary/aromatic N) is 1. The third-order valence-electron chi connectivity index (χ3n) is 8.94. The van der Waals surface area contributed by atoms with E-state index in [9.17, 15) is 9.59 Å². The lowest BCUT2D eigenvalue weighted by Crippen LogP contribution is -2.58. The molecule has 2 saturated heterocycles. The number of hydrogen-bond donors (Lipinski definition) is 1. The zero-order chi connectivity index (χ0) is 22.0. The van der Waals surface area contributed by atoms with Gasteiger partial charge >= 0.3 is 0 Å². The van der Waals surface area contributed by atoms with E-state index in [4.69, 9.17) is 0 Å². The number of likely N-dealkylation sites (tertiary alicyclic amines) is 1. The fraction of sp³-hybridized carbons (Fsp3) is 0.704. The highest BCUT2D eigenvalue weighted by atomic mass is 16.2. The van der Waals surface area contributed by atoms with E-state index in [1.807, 2.05) is 0 Å². The summed E-state index contributed by atoms with van der Waals surface area (Å²) in [5.74, 6) is 1.31. The Morgan fingerprint density at radius 1 is 1.06 bits per heavy atom. The van der Waals surface area contributed by atoms with E-state index in [1.54, 1.807) is 5.56 Å². The molecule has 2 amide bonds. The van der Waals surface area contributed by atoms with Crippen molar-refractivity contribution in [2.24, 2.45) is 11.3 Å². The molecule has 0 radical (unpaired) electrons. The molecule has 5 rings (SSSR count). The predicted molar refractivity (Wildman–Crippen MR) is 123 cm³/mol. The van der Waals surface area contributed by atoms with Crippen LogP contribution in [-0.2, 0) is 15.0 Å². The van der Waals surface area contributed by atoms with Gasteiger partial charge in [-0.1, -0.05) is 39.0 Å². The van der Waals surface area contributed by atoms with Gasteiger partial charge in [0.15, 0.2) is 0 Å². The summed E-state index contributed by atoms with van der Waals surface area (Å²) in [6, 6.07) is 7.05. The van der Waals surface area contributed by atoms with Crippen LogP contribution >= 0.6 is 0 Å². The number of hydrogen-bond acceptors (Lipinski definition) is 2. The van der Waals surface area contributed by atoms with Gasteiger partial charge in [0, 0.05) is 31.0 Å². The smallest absolute Gasteiger partial charge is 0.225 e. The fourth-order valence-corrected chi connectivity index (χ4v) is 6.76. The van der Waals surface area contributed by atoms with Crippen LogP contribution in [0.3, 0.4) is 0 Å². The summed E-state index contributed by atoms with van der Waals surface area (Å²) in [4.78, 5) is 26.7. The van der Waals surface area contributed by atoms with E-state index in [2.05, 4.69) is 56.1 Å². The molecule has 0 bridgehead atoms. The number of carbonyl (C=O) groups is 2. The Hall–Kier alpha value is -1.84. The maximum Gasteiger partial charge on any atom is 0.225 e. The van der Waals surface area contributed by atoms with Crippen LogP contribution in [0.15, 0.2) is 18.2 Å². The number of carbonyl (C=O) groups excluding carboxylic acids is 2. The Bertz CT molecular complexity index is 890. The van der Waals surface area contributed by atoms with Gasteiger partial charge in [0.1, 0.15) is 0 Å². The van der Waals surface area contributed by atoms with Crippen molar-refractivity contribution >= 4 is 11.8 Å². The average molecular weight is 423 g/mol. The van der Waals surface area contributed by atoms with Crippen molar-refractivity contribution in [3.05, 3.63) is 34.9 Å². The highest BCUT2D eigenvalue weighted by Gasteiger charge is 2.53. The van der Waals surface area contributed by atoms with Gasteiger partial charge in [0.2, 0.25) is 11.8 Å². The first-order chi connectivity index (χ1) is 14.6. The first kappa shape index (κ1) is 21.0. The van der Waals surface area contributed by atoms with Crippen molar-refractivity contribution in [3.63, 3.8) is 0 Å². The van der Waals surface area contributed by atoms with Crippen LogP contribution in [0.25, 0.3) is 0 Å². The molecule has 31 heavy (non-hydrogen) atoms. The molecule has 2 aliphatic heterocycles. The second-order valence-electron chi connectivity index (χ2n) is 12.2. The summed E-state index contributed by atoms with van der Waals surface area (Å²) in [5.41, 5.74) is 5.01. The topological polar surface area (TPSA) is 49.4 Å². The van der Waals surface area contributed by atoms with Gasteiger partial charge in [-0.3, -0.25) is 9.59 Å². The second kappa shape index (κ2) is 7.08. The van der Waals surface area contributed by atoms with Gasteiger partial charge in [0.25, 0.3) is 0 Å². The lowest BCUT2D eigenvalue weighted by atomic mass is 9.55. The molecule has 4 nitrogen and oxygen atoms in total. The van der Waals surface area contributed by atoms with Gasteiger partial charge in [-0.25, -0.2) is 0 Å². The van der Waals surface area contributed by atoms with Crippen molar-refractivity contribution in [2.45, 2.75) is 95.9 Å². The molecule has 2 spiro atoms. The minimum Gasteiger partial charge on any atom is -0.351 e. The fourth-order valence-electron chi connectivity index (χ4n) is 6.76. The second-order valence-corrected chi connectivity index (χ2v) is 12.2. The van der Waals surface area contributed by atoms with Crippen LogP contribution in [0, 0.1) is 18.3 Å². The number of benzene rings is 1. The standard InChI is InChI=1S/C27H38N2O2/c1-18-5-6-21(25(2,3)4)13-22(18)19-14-26(15-19)9-11-29(12-10-26)24(31)20-16-27(17-20)8-7-23(30)28-27/h5-6,13,19-20H,7-12,14-17H2,1-4H3,(H,28,30)/t20-,27+. The number of piperidine rings is 1. The molecule has 4 fully saturated rings. The molecule has 4 heteroatoms. The van der Waals surface area contributed by atoms with Crippen molar-refractivity contribution in [3.8, 4) is 0 Å². The first-order valence-corrected chi connectivity index (χ1v) is 12.3. The van der Waals surface area contributed by atoms with Gasteiger partial charge in [-0.15, -0.1) is 0 Å². The normalized spacial score (nSPS) is 27.2. The zero-order valence-electron chi connectivity index (χ0n) is 19.7. The van der Waals surface area contributed by atoms with E-state index in [-0.39, 0.29) is 22.8 Å². The first-order valence-electron chi connectivity index (χ1n) is 12.3. The van der Waals surface area contributed by atoms with E-state index in [1.165, 1.54) is 24.0 Å². The molecule has 4 aliphatic rings. The zero-order valence-corrected chi connectivity index (χ0v) is 19.7. The Kier molecular flexibility index (Phi) is 4.80. The summed E-state index contributed by atoms with van der Waals surface area (Å²) >= 11 is 0.